The summed E-state index contributed by atoms with van der Waals surface area (Å²) in [6.07, 6.45) is 4.25. The fraction of sp³-hybridized carbons (Fsp3) is 0.682. The number of hydrogen-bond acceptors (Lipinski definition) is 5. The lowest BCUT2D eigenvalue weighted by atomic mass is 9.92. The van der Waals surface area contributed by atoms with Gasteiger partial charge in [0.15, 0.2) is 0 Å². The first-order valence-corrected chi connectivity index (χ1v) is 11.6. The van der Waals surface area contributed by atoms with E-state index in [0.717, 1.165) is 46.5 Å². The van der Waals surface area contributed by atoms with Crippen LogP contribution in [0.15, 0.2) is 4.79 Å². The maximum Gasteiger partial charge on any atom is 0.259 e. The van der Waals surface area contributed by atoms with Crippen molar-refractivity contribution >= 4 is 27.5 Å². The standard InChI is InChI=1S/C22H34N4O2S/c1-14-11-15(2)13-26(12-14)10-6-5-9-23-19(27)8-7-18-24-21(28)20-16(3)17(4)29-22(20)25-18/h14-15H,5-13H2,1-4H3,(H,23,27)(H,24,25,28)/t14-,15-/m0/s1. The Labute approximate surface area is 177 Å². The van der Waals surface area contributed by atoms with Gasteiger partial charge < -0.3 is 15.2 Å². The fourth-order valence-electron chi connectivity index (χ4n) is 4.40. The lowest BCUT2D eigenvalue weighted by Crippen LogP contribution is -2.39. The molecule has 1 aliphatic rings. The highest BCUT2D eigenvalue weighted by molar-refractivity contribution is 7.18. The lowest BCUT2D eigenvalue weighted by molar-refractivity contribution is -0.121. The van der Waals surface area contributed by atoms with Crippen molar-refractivity contribution in [1.82, 2.24) is 20.2 Å². The van der Waals surface area contributed by atoms with Gasteiger partial charge in [-0.1, -0.05) is 13.8 Å². The Balaban J connectivity index is 1.37. The molecule has 3 heterocycles. The Morgan fingerprint density at radius 3 is 2.69 bits per heavy atom. The van der Waals surface area contributed by atoms with Crippen LogP contribution in [-0.4, -0.2) is 47.0 Å². The number of fused-ring (bicyclic) bond motifs is 1. The average molecular weight is 419 g/mol. The monoisotopic (exact) mass is 418 g/mol. The first-order chi connectivity index (χ1) is 13.8. The van der Waals surface area contributed by atoms with Crippen LogP contribution in [0.5, 0.6) is 0 Å². The number of unbranched alkanes of at least 4 members (excludes halogenated alkanes) is 1. The molecule has 2 atom stereocenters. The Hall–Kier alpha value is -1.73. The molecule has 3 rings (SSSR count). The maximum absolute atomic E-state index is 12.3. The molecule has 29 heavy (non-hydrogen) atoms. The van der Waals surface area contributed by atoms with Crippen LogP contribution >= 0.6 is 11.3 Å². The number of aryl methyl sites for hydroxylation is 3. The number of carbonyl (C=O) groups excluding carboxylic acids is 1. The van der Waals surface area contributed by atoms with Crippen LogP contribution in [0.3, 0.4) is 0 Å². The number of aromatic amines is 1. The van der Waals surface area contributed by atoms with E-state index in [4.69, 9.17) is 0 Å². The summed E-state index contributed by atoms with van der Waals surface area (Å²) >= 11 is 1.54. The third kappa shape index (κ3) is 5.89. The summed E-state index contributed by atoms with van der Waals surface area (Å²) in [5.41, 5.74) is 0.894. The summed E-state index contributed by atoms with van der Waals surface area (Å²) < 4.78 is 0. The molecule has 0 bridgehead atoms. The number of rotatable bonds is 8. The molecule has 160 valence electrons. The van der Waals surface area contributed by atoms with Crippen molar-refractivity contribution in [3.8, 4) is 0 Å². The van der Waals surface area contributed by atoms with Gasteiger partial charge in [-0.25, -0.2) is 4.98 Å². The minimum Gasteiger partial charge on any atom is -0.356 e. The van der Waals surface area contributed by atoms with Gasteiger partial charge in [-0.15, -0.1) is 11.3 Å². The highest BCUT2D eigenvalue weighted by atomic mass is 32.1. The van der Waals surface area contributed by atoms with Gasteiger partial charge in [0.1, 0.15) is 10.7 Å². The number of hydrogen-bond donors (Lipinski definition) is 2. The van der Waals surface area contributed by atoms with Crippen LogP contribution in [0.25, 0.3) is 10.2 Å². The summed E-state index contributed by atoms with van der Waals surface area (Å²) in [5.74, 6) is 2.19. The Morgan fingerprint density at radius 2 is 1.97 bits per heavy atom. The molecule has 1 fully saturated rings. The van der Waals surface area contributed by atoms with E-state index in [0.29, 0.717) is 30.6 Å². The van der Waals surface area contributed by atoms with Gasteiger partial charge in [-0.2, -0.15) is 0 Å². The molecule has 1 aliphatic heterocycles. The number of H-pyrrole nitrogens is 1. The highest BCUT2D eigenvalue weighted by Gasteiger charge is 2.21. The van der Waals surface area contributed by atoms with E-state index in [-0.39, 0.29) is 11.5 Å². The molecule has 2 N–H and O–H groups in total. The highest BCUT2D eigenvalue weighted by Crippen LogP contribution is 2.25. The number of amides is 1. The number of carbonyl (C=O) groups is 1. The minimum atomic E-state index is -0.103. The molecular formula is C22H34N4O2S. The topological polar surface area (TPSA) is 78.1 Å². The first kappa shape index (κ1) is 22.0. The first-order valence-electron chi connectivity index (χ1n) is 10.8. The van der Waals surface area contributed by atoms with Crippen molar-refractivity contribution in [2.75, 3.05) is 26.2 Å². The Bertz CT molecular complexity index is 894. The molecule has 2 aromatic rings. The molecule has 1 amide bonds. The molecule has 2 aromatic heterocycles. The van der Waals surface area contributed by atoms with E-state index in [9.17, 15) is 9.59 Å². The molecule has 0 spiro atoms. The smallest absolute Gasteiger partial charge is 0.259 e. The summed E-state index contributed by atoms with van der Waals surface area (Å²) in [6, 6.07) is 0. The van der Waals surface area contributed by atoms with Gasteiger partial charge in [0.2, 0.25) is 5.91 Å². The van der Waals surface area contributed by atoms with Gasteiger partial charge >= 0.3 is 0 Å². The van der Waals surface area contributed by atoms with Gasteiger partial charge in [-0.3, -0.25) is 9.59 Å². The molecule has 7 heteroatoms. The van der Waals surface area contributed by atoms with Crippen LogP contribution in [0.4, 0.5) is 0 Å². The van der Waals surface area contributed by atoms with Gasteiger partial charge in [-0.05, 0) is 57.1 Å². The third-order valence-corrected chi connectivity index (χ3v) is 6.95. The molecule has 0 unspecified atom stereocenters. The van der Waals surface area contributed by atoms with Crippen molar-refractivity contribution < 1.29 is 4.79 Å². The number of nitrogens with one attached hydrogen (secondary N) is 2. The SMILES string of the molecule is Cc1sc2nc(CCC(=O)NCCCCN3C[C@@H](C)C[C@H](C)C3)[nH]c(=O)c2c1C. The number of piperidine rings is 1. The third-order valence-electron chi connectivity index (χ3n) is 5.84. The molecular weight excluding hydrogens is 384 g/mol. The summed E-state index contributed by atoms with van der Waals surface area (Å²) in [4.78, 5) is 36.2. The van der Waals surface area contributed by atoms with Gasteiger partial charge in [0.25, 0.3) is 5.56 Å². The zero-order valence-electron chi connectivity index (χ0n) is 18.1. The van der Waals surface area contributed by atoms with Gasteiger partial charge in [0, 0.05) is 37.4 Å². The second-order valence-electron chi connectivity index (χ2n) is 8.74. The van der Waals surface area contributed by atoms with Crippen LogP contribution < -0.4 is 10.9 Å². The zero-order chi connectivity index (χ0) is 21.0. The van der Waals surface area contributed by atoms with E-state index in [1.54, 1.807) is 0 Å². The van der Waals surface area contributed by atoms with Crippen LogP contribution in [-0.2, 0) is 11.2 Å². The van der Waals surface area contributed by atoms with Crippen LogP contribution in [0.1, 0.15) is 55.8 Å². The largest absolute Gasteiger partial charge is 0.356 e. The maximum atomic E-state index is 12.3. The van der Waals surface area contributed by atoms with Crippen molar-refractivity contribution in [2.24, 2.45) is 11.8 Å². The lowest BCUT2D eigenvalue weighted by Gasteiger charge is -2.34. The van der Waals surface area contributed by atoms with Crippen molar-refractivity contribution in [2.45, 2.75) is 59.8 Å². The fourth-order valence-corrected chi connectivity index (χ4v) is 5.45. The predicted molar refractivity (Wildman–Crippen MR) is 120 cm³/mol. The molecule has 0 aromatic carbocycles. The average Bonchev–Trinajstić information content (AvgIpc) is 2.93. The quantitative estimate of drug-likeness (QED) is 0.644. The Morgan fingerprint density at radius 1 is 1.24 bits per heavy atom. The van der Waals surface area contributed by atoms with E-state index in [1.807, 2.05) is 13.8 Å². The van der Waals surface area contributed by atoms with Crippen molar-refractivity contribution in [1.29, 1.82) is 0 Å². The summed E-state index contributed by atoms with van der Waals surface area (Å²) in [6.45, 7) is 12.9. The summed E-state index contributed by atoms with van der Waals surface area (Å²) in [5, 5.41) is 3.68. The Kier molecular flexibility index (Phi) is 7.46. The van der Waals surface area contributed by atoms with E-state index < -0.39 is 0 Å². The summed E-state index contributed by atoms with van der Waals surface area (Å²) in [7, 11) is 0. The molecule has 0 radical (unpaired) electrons. The number of nitrogens with zero attached hydrogens (tertiary/aromatic N) is 2. The number of aromatic nitrogens is 2. The van der Waals surface area contributed by atoms with Gasteiger partial charge in [0.05, 0.1) is 5.39 Å². The number of thiophene rings is 1. The zero-order valence-corrected chi connectivity index (χ0v) is 19.0. The van der Waals surface area contributed by atoms with Crippen LogP contribution in [0, 0.1) is 25.7 Å². The van der Waals surface area contributed by atoms with E-state index in [1.165, 1.54) is 30.8 Å². The molecule has 1 saturated heterocycles. The molecule has 6 nitrogen and oxygen atoms in total. The second-order valence-corrected chi connectivity index (χ2v) is 9.94. The second kappa shape index (κ2) is 9.85. The molecule has 0 saturated carbocycles. The van der Waals surface area contributed by atoms with Crippen molar-refractivity contribution in [3.05, 3.63) is 26.6 Å². The predicted octanol–water partition coefficient (Wildman–Crippen LogP) is 3.41. The van der Waals surface area contributed by atoms with Crippen molar-refractivity contribution in [3.63, 3.8) is 0 Å². The normalized spacial score (nSPS) is 20.3. The molecule has 0 aliphatic carbocycles. The minimum absolute atomic E-state index is 0.0199. The van der Waals surface area contributed by atoms with Crippen LogP contribution in [0.2, 0.25) is 0 Å². The van der Waals surface area contributed by atoms with E-state index >= 15 is 0 Å². The number of likely N-dealkylation sites (tertiary alicyclic amines) is 1. The van der Waals surface area contributed by atoms with E-state index in [2.05, 4.69) is 34.0 Å².